The summed E-state index contributed by atoms with van der Waals surface area (Å²) >= 11 is 0. The summed E-state index contributed by atoms with van der Waals surface area (Å²) in [5, 5.41) is 8.30. The molecule has 0 saturated carbocycles. The molecule has 1 heterocycles. The van der Waals surface area contributed by atoms with Gasteiger partial charge in [-0.15, -0.1) is 0 Å². The Morgan fingerprint density at radius 3 is 2.77 bits per heavy atom. The maximum Gasteiger partial charge on any atom is 0.512 e. The van der Waals surface area contributed by atoms with Crippen molar-refractivity contribution in [3.63, 3.8) is 0 Å². The molecule has 0 aliphatic rings. The number of nitrogens with zero attached hydrogens (tertiary/aromatic N) is 2. The molecule has 0 saturated heterocycles. The van der Waals surface area contributed by atoms with Gasteiger partial charge < -0.3 is 14.6 Å². The summed E-state index contributed by atoms with van der Waals surface area (Å²) < 4.78 is 9.05. The van der Waals surface area contributed by atoms with E-state index in [1.807, 2.05) is 0 Å². The second-order valence-electron chi connectivity index (χ2n) is 2.20. The molecule has 0 aliphatic heterocycles. The van der Waals surface area contributed by atoms with Crippen LogP contribution >= 0.6 is 0 Å². The van der Waals surface area contributed by atoms with Crippen LogP contribution in [0, 0.1) is 6.92 Å². The SMILES string of the molecule is COc1nc(C)cc(OC(=O)O)n1. The van der Waals surface area contributed by atoms with E-state index >= 15 is 0 Å². The average molecular weight is 184 g/mol. The Morgan fingerprint density at radius 1 is 1.54 bits per heavy atom. The molecule has 6 heteroatoms. The van der Waals surface area contributed by atoms with Crippen molar-refractivity contribution in [1.82, 2.24) is 9.97 Å². The van der Waals surface area contributed by atoms with Crippen LogP contribution < -0.4 is 9.47 Å². The predicted molar refractivity (Wildman–Crippen MR) is 42.0 cm³/mol. The van der Waals surface area contributed by atoms with Gasteiger partial charge >= 0.3 is 12.2 Å². The number of rotatable bonds is 2. The van der Waals surface area contributed by atoms with E-state index in [0.29, 0.717) is 5.69 Å². The lowest BCUT2D eigenvalue weighted by Crippen LogP contribution is -2.06. The third-order valence-corrected chi connectivity index (χ3v) is 1.18. The first-order valence-corrected chi connectivity index (χ1v) is 3.42. The molecule has 0 unspecified atom stereocenters. The second kappa shape index (κ2) is 3.70. The van der Waals surface area contributed by atoms with Gasteiger partial charge in [0.15, 0.2) is 0 Å². The monoisotopic (exact) mass is 184 g/mol. The maximum absolute atomic E-state index is 10.2. The van der Waals surface area contributed by atoms with Gasteiger partial charge in [0.05, 0.1) is 7.11 Å². The molecular weight excluding hydrogens is 176 g/mol. The first-order valence-electron chi connectivity index (χ1n) is 3.42. The number of ether oxygens (including phenoxy) is 2. The van der Waals surface area contributed by atoms with Crippen molar-refractivity contribution in [2.45, 2.75) is 6.92 Å². The van der Waals surface area contributed by atoms with Gasteiger partial charge in [0.1, 0.15) is 0 Å². The van der Waals surface area contributed by atoms with E-state index in [0.717, 1.165) is 0 Å². The quantitative estimate of drug-likeness (QED) is 0.686. The molecule has 1 rings (SSSR count). The Morgan fingerprint density at radius 2 is 2.23 bits per heavy atom. The average Bonchev–Trinajstić information content (AvgIpc) is 2.01. The number of hydrogen-bond acceptors (Lipinski definition) is 5. The van der Waals surface area contributed by atoms with E-state index in [1.165, 1.54) is 13.2 Å². The van der Waals surface area contributed by atoms with Gasteiger partial charge in [-0.25, -0.2) is 9.78 Å². The van der Waals surface area contributed by atoms with Gasteiger partial charge in [-0.2, -0.15) is 4.98 Å². The number of aromatic nitrogens is 2. The van der Waals surface area contributed by atoms with Crippen LogP contribution in [-0.2, 0) is 0 Å². The number of aryl methyl sites for hydroxylation is 1. The molecule has 0 aliphatic carbocycles. The Kier molecular flexibility index (Phi) is 2.63. The molecule has 0 aromatic carbocycles. The van der Waals surface area contributed by atoms with Crippen LogP contribution in [0.4, 0.5) is 4.79 Å². The van der Waals surface area contributed by atoms with Gasteiger partial charge in [-0.3, -0.25) is 0 Å². The summed E-state index contributed by atoms with van der Waals surface area (Å²) in [5.41, 5.74) is 0.572. The van der Waals surface area contributed by atoms with Gasteiger partial charge in [-0.05, 0) is 6.92 Å². The topological polar surface area (TPSA) is 81.5 Å². The van der Waals surface area contributed by atoms with Gasteiger partial charge in [0, 0.05) is 11.8 Å². The molecule has 1 N–H and O–H groups in total. The molecule has 0 bridgehead atoms. The van der Waals surface area contributed by atoms with Crippen molar-refractivity contribution >= 4 is 6.16 Å². The highest BCUT2D eigenvalue weighted by Gasteiger charge is 2.06. The highest BCUT2D eigenvalue weighted by Crippen LogP contribution is 2.12. The van der Waals surface area contributed by atoms with Gasteiger partial charge in [0.2, 0.25) is 5.88 Å². The number of carboxylic acid groups (broad SMARTS) is 1. The lowest BCUT2D eigenvalue weighted by molar-refractivity contribution is 0.142. The molecule has 70 valence electrons. The Balaban J connectivity index is 2.94. The Bertz CT molecular complexity index is 326. The summed E-state index contributed by atoms with van der Waals surface area (Å²) in [5.74, 6) is -0.0446. The lowest BCUT2D eigenvalue weighted by Gasteiger charge is -2.02. The third-order valence-electron chi connectivity index (χ3n) is 1.18. The summed E-state index contributed by atoms with van der Waals surface area (Å²) in [6, 6.07) is 1.48. The normalized spacial score (nSPS) is 9.38. The van der Waals surface area contributed by atoms with Crippen LogP contribution in [0.2, 0.25) is 0 Å². The van der Waals surface area contributed by atoms with E-state index in [1.54, 1.807) is 6.92 Å². The summed E-state index contributed by atoms with van der Waals surface area (Å²) in [6.45, 7) is 1.68. The van der Waals surface area contributed by atoms with Crippen molar-refractivity contribution in [1.29, 1.82) is 0 Å². The molecule has 1 aromatic rings. The smallest absolute Gasteiger partial charge is 0.467 e. The first-order chi connectivity index (χ1) is 6.11. The minimum atomic E-state index is -1.42. The molecule has 0 spiro atoms. The third kappa shape index (κ3) is 2.58. The Hall–Kier alpha value is -1.85. The van der Waals surface area contributed by atoms with Crippen LogP contribution in [0.5, 0.6) is 11.9 Å². The Labute approximate surface area is 74.1 Å². The standard InChI is InChI=1S/C7H8N2O4/c1-4-3-5(13-7(10)11)9-6(8-4)12-2/h3H,1-2H3,(H,10,11). The fourth-order valence-electron chi connectivity index (χ4n) is 0.746. The van der Waals surface area contributed by atoms with Crippen LogP contribution in [0.1, 0.15) is 5.69 Å². The van der Waals surface area contributed by atoms with E-state index in [9.17, 15) is 4.79 Å². The zero-order valence-electron chi connectivity index (χ0n) is 7.14. The van der Waals surface area contributed by atoms with Crippen LogP contribution in [0.25, 0.3) is 0 Å². The molecule has 0 atom stereocenters. The molecule has 13 heavy (non-hydrogen) atoms. The fraction of sp³-hybridized carbons (Fsp3) is 0.286. The van der Waals surface area contributed by atoms with Crippen molar-refractivity contribution < 1.29 is 19.4 Å². The fourth-order valence-corrected chi connectivity index (χ4v) is 0.746. The van der Waals surface area contributed by atoms with Crippen molar-refractivity contribution in [2.75, 3.05) is 7.11 Å². The van der Waals surface area contributed by atoms with E-state index in [2.05, 4.69) is 14.7 Å². The van der Waals surface area contributed by atoms with Crippen molar-refractivity contribution in [3.8, 4) is 11.9 Å². The molecule has 0 fully saturated rings. The van der Waals surface area contributed by atoms with Crippen LogP contribution in [0.3, 0.4) is 0 Å². The minimum absolute atomic E-state index is 0.0446. The first kappa shape index (κ1) is 9.24. The summed E-state index contributed by atoms with van der Waals surface area (Å²) in [6.07, 6.45) is -1.42. The molecule has 0 radical (unpaired) electrons. The second-order valence-corrected chi connectivity index (χ2v) is 2.20. The summed E-state index contributed by atoms with van der Waals surface area (Å²) in [4.78, 5) is 17.7. The molecule has 6 nitrogen and oxygen atoms in total. The van der Waals surface area contributed by atoms with E-state index in [4.69, 9.17) is 9.84 Å². The van der Waals surface area contributed by atoms with Gasteiger partial charge in [0.25, 0.3) is 0 Å². The minimum Gasteiger partial charge on any atom is -0.467 e. The highest BCUT2D eigenvalue weighted by molar-refractivity contribution is 5.60. The molecular formula is C7H8N2O4. The molecule has 1 aromatic heterocycles. The van der Waals surface area contributed by atoms with E-state index in [-0.39, 0.29) is 11.9 Å². The van der Waals surface area contributed by atoms with E-state index < -0.39 is 6.16 Å². The zero-order valence-corrected chi connectivity index (χ0v) is 7.14. The van der Waals surface area contributed by atoms with Gasteiger partial charge in [-0.1, -0.05) is 0 Å². The largest absolute Gasteiger partial charge is 0.512 e. The number of methoxy groups -OCH3 is 1. The van der Waals surface area contributed by atoms with Crippen LogP contribution in [-0.4, -0.2) is 28.3 Å². The number of carbonyl (C=O) groups is 1. The summed E-state index contributed by atoms with van der Waals surface area (Å²) in [7, 11) is 1.39. The maximum atomic E-state index is 10.2. The van der Waals surface area contributed by atoms with Crippen molar-refractivity contribution in [3.05, 3.63) is 11.8 Å². The molecule has 0 amide bonds. The van der Waals surface area contributed by atoms with Crippen LogP contribution in [0.15, 0.2) is 6.07 Å². The predicted octanol–water partition coefficient (Wildman–Crippen LogP) is 0.850. The number of hydrogen-bond donors (Lipinski definition) is 1. The lowest BCUT2D eigenvalue weighted by atomic mass is 10.4. The van der Waals surface area contributed by atoms with Crippen molar-refractivity contribution in [2.24, 2.45) is 0 Å². The highest BCUT2D eigenvalue weighted by atomic mass is 16.7. The zero-order chi connectivity index (χ0) is 9.84.